The quantitative estimate of drug-likeness (QED) is 0.178. The van der Waals surface area contributed by atoms with E-state index >= 15 is 0 Å². The third kappa shape index (κ3) is 21.1. The van der Waals surface area contributed by atoms with Crippen LogP contribution >= 0.6 is 0 Å². The second-order valence-electron chi connectivity index (χ2n) is 8.15. The number of aliphatic carboxylic acids is 4. The van der Waals surface area contributed by atoms with E-state index in [0.717, 1.165) is 19.4 Å². The second-order valence-corrected chi connectivity index (χ2v) is 8.15. The van der Waals surface area contributed by atoms with Gasteiger partial charge in [0, 0.05) is 6.42 Å². The summed E-state index contributed by atoms with van der Waals surface area (Å²) >= 11 is 0. The van der Waals surface area contributed by atoms with Gasteiger partial charge in [0.1, 0.15) is 24.2 Å². The fraction of sp³-hybridized carbons (Fsp3) is 0.750. The minimum atomic E-state index is -1.11. The molecule has 0 spiro atoms. The minimum absolute atomic E-state index is 0.0208. The van der Waals surface area contributed by atoms with Gasteiger partial charge in [-0.2, -0.15) is 0 Å². The normalized spacial score (nSPS) is 16.9. The predicted octanol–water partition coefficient (Wildman–Crippen LogP) is -1.40. The molecule has 0 aromatic carbocycles. The van der Waals surface area contributed by atoms with Crippen molar-refractivity contribution in [1.29, 1.82) is 0 Å². The maximum absolute atomic E-state index is 10.1. The Kier molecular flexibility index (Phi) is 20.7. The molecule has 1 aliphatic rings. The molecule has 0 aromatic rings. The van der Waals surface area contributed by atoms with Crippen molar-refractivity contribution in [1.82, 2.24) is 5.32 Å². The number of hydrogen-bond donors (Lipinski definition) is 9. The van der Waals surface area contributed by atoms with E-state index in [9.17, 15) is 24.0 Å². The molecule has 14 heteroatoms. The number of rotatable bonds is 9. The molecule has 200 valence electrons. The van der Waals surface area contributed by atoms with Crippen molar-refractivity contribution in [2.24, 2.45) is 34.8 Å². The highest BCUT2D eigenvalue weighted by atomic mass is 16.4. The zero-order valence-electron chi connectivity index (χ0n) is 20.1. The van der Waals surface area contributed by atoms with Crippen molar-refractivity contribution >= 4 is 29.8 Å². The van der Waals surface area contributed by atoms with Gasteiger partial charge in [0.2, 0.25) is 5.91 Å². The number of primary amides is 1. The van der Waals surface area contributed by atoms with Gasteiger partial charge in [-0.25, -0.2) is 0 Å². The first-order valence-corrected chi connectivity index (χ1v) is 10.6. The largest absolute Gasteiger partial charge is 0.480 e. The van der Waals surface area contributed by atoms with Gasteiger partial charge in [-0.15, -0.1) is 0 Å². The zero-order chi connectivity index (χ0) is 27.6. The Hall–Kier alpha value is -2.81. The summed E-state index contributed by atoms with van der Waals surface area (Å²) in [5.41, 5.74) is 20.1. The average molecular weight is 496 g/mol. The van der Waals surface area contributed by atoms with Crippen LogP contribution in [-0.4, -0.2) is 80.9 Å². The molecular formula is C20H41N5O9. The lowest BCUT2D eigenvalue weighted by atomic mass is 10.1. The van der Waals surface area contributed by atoms with Crippen molar-refractivity contribution in [3.63, 3.8) is 0 Å². The lowest BCUT2D eigenvalue weighted by Crippen LogP contribution is -2.34. The number of carbonyl (C=O) groups excluding carboxylic acids is 1. The first-order chi connectivity index (χ1) is 15.4. The number of carbonyl (C=O) groups is 5. The molecule has 13 N–H and O–H groups in total. The third-order valence-electron chi connectivity index (χ3n) is 4.38. The third-order valence-corrected chi connectivity index (χ3v) is 4.38. The van der Waals surface area contributed by atoms with Crippen molar-refractivity contribution in [2.45, 2.75) is 77.5 Å². The summed E-state index contributed by atoms with van der Waals surface area (Å²) in [5.74, 6) is -4.18. The Balaban J connectivity index is -0.000000379. The molecule has 1 amide bonds. The van der Waals surface area contributed by atoms with Crippen LogP contribution < -0.4 is 28.3 Å². The molecule has 1 aliphatic heterocycles. The molecule has 34 heavy (non-hydrogen) atoms. The Morgan fingerprint density at radius 2 is 1.24 bits per heavy atom. The number of nitrogens with one attached hydrogen (secondary N) is 1. The summed E-state index contributed by atoms with van der Waals surface area (Å²) in [6, 6.07) is -2.67. The van der Waals surface area contributed by atoms with E-state index in [0.29, 0.717) is 0 Å². The van der Waals surface area contributed by atoms with Crippen LogP contribution in [0, 0.1) is 11.8 Å². The number of carboxylic acids is 4. The van der Waals surface area contributed by atoms with Crippen LogP contribution in [0.3, 0.4) is 0 Å². The van der Waals surface area contributed by atoms with Crippen LogP contribution in [0.15, 0.2) is 0 Å². The van der Waals surface area contributed by atoms with Gasteiger partial charge in [-0.3, -0.25) is 24.0 Å². The molecule has 0 bridgehead atoms. The summed E-state index contributed by atoms with van der Waals surface area (Å²) in [6.45, 7) is 7.96. The Labute approximate surface area is 199 Å². The van der Waals surface area contributed by atoms with E-state index in [1.165, 1.54) is 0 Å². The summed E-state index contributed by atoms with van der Waals surface area (Å²) in [4.78, 5) is 50.3. The average Bonchev–Trinajstić information content (AvgIpc) is 3.27. The zero-order valence-corrected chi connectivity index (χ0v) is 20.1. The van der Waals surface area contributed by atoms with E-state index in [2.05, 4.69) is 5.32 Å². The molecule has 0 aliphatic carbocycles. The van der Waals surface area contributed by atoms with Crippen LogP contribution in [-0.2, 0) is 24.0 Å². The molecule has 0 saturated carbocycles. The maximum atomic E-state index is 10.1. The van der Waals surface area contributed by atoms with Crippen LogP contribution in [0.25, 0.3) is 0 Å². The van der Waals surface area contributed by atoms with Gasteiger partial charge in [-0.05, 0) is 37.6 Å². The van der Waals surface area contributed by atoms with Gasteiger partial charge in [0.15, 0.2) is 0 Å². The smallest absolute Gasteiger partial charge is 0.320 e. The van der Waals surface area contributed by atoms with Gasteiger partial charge in [-0.1, -0.05) is 27.7 Å². The monoisotopic (exact) mass is 495 g/mol. The lowest BCUT2D eigenvalue weighted by Gasteiger charge is -2.07. The van der Waals surface area contributed by atoms with Crippen LogP contribution in [0.1, 0.15) is 53.4 Å². The topological polar surface area (TPSA) is 282 Å². The highest BCUT2D eigenvalue weighted by Crippen LogP contribution is 2.03. The van der Waals surface area contributed by atoms with Crippen molar-refractivity contribution in [2.75, 3.05) is 6.54 Å². The van der Waals surface area contributed by atoms with Gasteiger partial charge in [0.05, 0.1) is 0 Å². The van der Waals surface area contributed by atoms with Crippen molar-refractivity contribution in [3.8, 4) is 0 Å². The molecule has 0 radical (unpaired) electrons. The van der Waals surface area contributed by atoms with E-state index in [4.69, 9.17) is 43.4 Å². The molecule has 1 saturated heterocycles. The first-order valence-electron chi connectivity index (χ1n) is 10.6. The number of amides is 1. The lowest BCUT2D eigenvalue weighted by molar-refractivity contribution is -0.140. The molecule has 1 rings (SSSR count). The molecule has 1 fully saturated rings. The van der Waals surface area contributed by atoms with Crippen molar-refractivity contribution < 1.29 is 44.4 Å². The highest BCUT2D eigenvalue weighted by Gasteiger charge is 2.20. The number of hydrogen-bond acceptors (Lipinski definition) is 9. The number of nitrogens with two attached hydrogens (primary N) is 4. The Bertz CT molecular complexity index is 597. The molecule has 0 unspecified atom stereocenters. The van der Waals surface area contributed by atoms with E-state index in [1.807, 2.05) is 0 Å². The second kappa shape index (κ2) is 19.6. The van der Waals surface area contributed by atoms with E-state index < -0.39 is 47.9 Å². The van der Waals surface area contributed by atoms with Gasteiger partial charge >= 0.3 is 23.9 Å². The fourth-order valence-corrected chi connectivity index (χ4v) is 1.89. The molecule has 0 aromatic heterocycles. The molecule has 1 heterocycles. The van der Waals surface area contributed by atoms with Gasteiger partial charge in [0.25, 0.3) is 0 Å². The Morgan fingerprint density at radius 1 is 0.824 bits per heavy atom. The number of carboxylic acid groups (broad SMARTS) is 4. The molecule has 4 atom stereocenters. The Morgan fingerprint density at radius 3 is 1.38 bits per heavy atom. The first kappa shape index (κ1) is 35.8. The van der Waals surface area contributed by atoms with E-state index in [-0.39, 0.29) is 30.7 Å². The van der Waals surface area contributed by atoms with Gasteiger partial charge < -0.3 is 48.7 Å². The summed E-state index contributed by atoms with van der Waals surface area (Å²) in [5, 5.41) is 35.9. The molecular weight excluding hydrogens is 454 g/mol. The minimum Gasteiger partial charge on any atom is -0.480 e. The predicted molar refractivity (Wildman–Crippen MR) is 124 cm³/mol. The fourth-order valence-electron chi connectivity index (χ4n) is 1.89. The summed E-state index contributed by atoms with van der Waals surface area (Å²) in [6.07, 6.45) is 1.91. The van der Waals surface area contributed by atoms with Crippen LogP contribution in [0.4, 0.5) is 0 Å². The standard InChI is InChI=1S/C5H10N2O3.C5H9NO2.2C5H11NO2/c6-3(5(9)10)1-2-4(7)8;7-5(8)4-2-1-3-6-4;2*1-3(2)4(6)5(7)8/h3H,1-2,6H2,(H2,7,8)(H,9,10);4,6H,1-3H2,(H,7,8);2*3-4H,6H2,1-2H3,(H,7,8)/t3-;3*4-/m0000/s1. The van der Waals surface area contributed by atoms with Crippen LogP contribution in [0.2, 0.25) is 0 Å². The van der Waals surface area contributed by atoms with Crippen LogP contribution in [0.5, 0.6) is 0 Å². The maximum Gasteiger partial charge on any atom is 0.320 e. The van der Waals surface area contributed by atoms with Crippen molar-refractivity contribution in [3.05, 3.63) is 0 Å². The highest BCUT2D eigenvalue weighted by molar-refractivity contribution is 5.77. The van der Waals surface area contributed by atoms with E-state index in [1.54, 1.807) is 27.7 Å². The molecule has 14 nitrogen and oxygen atoms in total. The SMILES string of the molecule is CC(C)[C@H](N)C(=O)O.CC(C)[C@H](N)C(=O)O.NC(=O)CC[C@H](N)C(=O)O.O=C(O)[C@@H]1CCCN1. The summed E-state index contributed by atoms with van der Waals surface area (Å²) < 4.78 is 0. The summed E-state index contributed by atoms with van der Waals surface area (Å²) in [7, 11) is 0.